The zero-order valence-corrected chi connectivity index (χ0v) is 16.5. The third-order valence-electron chi connectivity index (χ3n) is 5.70. The highest BCUT2D eigenvalue weighted by molar-refractivity contribution is 5.79. The molecule has 1 aliphatic carbocycles. The standard InChI is InChI=1S/C22H28N4O2/c1-2-16-3-5-17(6-4-16)14-23-21(27)18-7-8-20-19(13-18)15-24-22(25-20)26-9-11-28-12-10-26/h3-6,15,18H,2,7-14H2,1H3,(H,23,27). The molecule has 1 aliphatic heterocycles. The molecule has 2 heterocycles. The molecule has 148 valence electrons. The summed E-state index contributed by atoms with van der Waals surface area (Å²) in [4.78, 5) is 24.1. The minimum Gasteiger partial charge on any atom is -0.378 e. The number of carbonyl (C=O) groups is 1. The van der Waals surface area contributed by atoms with Gasteiger partial charge in [-0.15, -0.1) is 0 Å². The van der Waals surface area contributed by atoms with Crippen LogP contribution in [0.15, 0.2) is 30.5 Å². The lowest BCUT2D eigenvalue weighted by Crippen LogP contribution is -2.38. The number of morpholine rings is 1. The van der Waals surface area contributed by atoms with Gasteiger partial charge in [0.15, 0.2) is 0 Å². The Morgan fingerprint density at radius 1 is 1.21 bits per heavy atom. The summed E-state index contributed by atoms with van der Waals surface area (Å²) >= 11 is 0. The normalized spacial score (nSPS) is 19.2. The van der Waals surface area contributed by atoms with Gasteiger partial charge >= 0.3 is 0 Å². The van der Waals surface area contributed by atoms with Gasteiger partial charge < -0.3 is 15.0 Å². The lowest BCUT2D eigenvalue weighted by Gasteiger charge is -2.28. The third kappa shape index (κ3) is 4.33. The maximum absolute atomic E-state index is 12.6. The number of carbonyl (C=O) groups excluding carboxylic acids is 1. The van der Waals surface area contributed by atoms with E-state index in [9.17, 15) is 4.79 Å². The topological polar surface area (TPSA) is 67.4 Å². The van der Waals surface area contributed by atoms with E-state index in [2.05, 4.69) is 46.4 Å². The lowest BCUT2D eigenvalue weighted by molar-refractivity contribution is -0.125. The van der Waals surface area contributed by atoms with Crippen LogP contribution in [-0.4, -0.2) is 42.2 Å². The number of fused-ring (bicyclic) bond motifs is 1. The lowest BCUT2D eigenvalue weighted by atomic mass is 9.86. The zero-order valence-electron chi connectivity index (χ0n) is 16.5. The van der Waals surface area contributed by atoms with E-state index in [0.717, 1.165) is 74.8 Å². The summed E-state index contributed by atoms with van der Waals surface area (Å²) in [5.74, 6) is 0.920. The number of aryl methyl sites for hydroxylation is 2. The van der Waals surface area contributed by atoms with Crippen LogP contribution < -0.4 is 10.2 Å². The molecule has 0 saturated carbocycles. The molecule has 1 fully saturated rings. The summed E-state index contributed by atoms with van der Waals surface area (Å²) in [6.07, 6.45) is 5.34. The number of hydrogen-bond acceptors (Lipinski definition) is 5. The van der Waals surface area contributed by atoms with Gasteiger partial charge in [-0.1, -0.05) is 31.2 Å². The average molecular weight is 380 g/mol. The molecular weight excluding hydrogens is 352 g/mol. The van der Waals surface area contributed by atoms with Crippen molar-refractivity contribution in [1.29, 1.82) is 0 Å². The summed E-state index contributed by atoms with van der Waals surface area (Å²) in [6, 6.07) is 8.44. The summed E-state index contributed by atoms with van der Waals surface area (Å²) in [5, 5.41) is 3.10. The Hall–Kier alpha value is -2.47. The third-order valence-corrected chi connectivity index (χ3v) is 5.70. The van der Waals surface area contributed by atoms with Gasteiger partial charge in [0.05, 0.1) is 13.2 Å². The second kappa shape index (κ2) is 8.69. The molecule has 1 saturated heterocycles. The molecule has 1 unspecified atom stereocenters. The van der Waals surface area contributed by atoms with Gasteiger partial charge in [-0.3, -0.25) is 4.79 Å². The van der Waals surface area contributed by atoms with Gasteiger partial charge in [-0.05, 0) is 42.4 Å². The van der Waals surface area contributed by atoms with Gasteiger partial charge in [0.1, 0.15) is 0 Å². The summed E-state index contributed by atoms with van der Waals surface area (Å²) in [7, 11) is 0. The highest BCUT2D eigenvalue weighted by Crippen LogP contribution is 2.25. The van der Waals surface area contributed by atoms with E-state index in [4.69, 9.17) is 9.72 Å². The van der Waals surface area contributed by atoms with Crippen LogP contribution in [0.3, 0.4) is 0 Å². The fraction of sp³-hybridized carbons (Fsp3) is 0.500. The number of amides is 1. The maximum Gasteiger partial charge on any atom is 0.225 e. The first-order chi connectivity index (χ1) is 13.7. The predicted molar refractivity (Wildman–Crippen MR) is 108 cm³/mol. The largest absolute Gasteiger partial charge is 0.378 e. The molecule has 1 amide bonds. The first-order valence-electron chi connectivity index (χ1n) is 10.3. The molecule has 2 aliphatic rings. The minimum absolute atomic E-state index is 0.000233. The fourth-order valence-electron chi connectivity index (χ4n) is 3.86. The number of benzene rings is 1. The maximum atomic E-state index is 12.6. The molecule has 0 radical (unpaired) electrons. The Morgan fingerprint density at radius 2 is 1.96 bits per heavy atom. The molecule has 0 spiro atoms. The van der Waals surface area contributed by atoms with Crippen LogP contribution in [0.4, 0.5) is 5.95 Å². The van der Waals surface area contributed by atoms with Crippen molar-refractivity contribution in [1.82, 2.24) is 15.3 Å². The average Bonchev–Trinajstić information content (AvgIpc) is 2.77. The van der Waals surface area contributed by atoms with Crippen LogP contribution in [0.25, 0.3) is 0 Å². The van der Waals surface area contributed by atoms with Gasteiger partial charge in [0.25, 0.3) is 0 Å². The van der Waals surface area contributed by atoms with Crippen LogP contribution in [0.1, 0.15) is 35.7 Å². The first kappa shape index (κ1) is 18.9. The second-order valence-electron chi connectivity index (χ2n) is 7.57. The molecule has 28 heavy (non-hydrogen) atoms. The fourth-order valence-corrected chi connectivity index (χ4v) is 3.86. The Morgan fingerprint density at radius 3 is 2.71 bits per heavy atom. The van der Waals surface area contributed by atoms with Crippen molar-refractivity contribution >= 4 is 11.9 Å². The van der Waals surface area contributed by atoms with Crippen molar-refractivity contribution in [3.8, 4) is 0 Å². The van der Waals surface area contributed by atoms with Crippen molar-refractivity contribution in [3.63, 3.8) is 0 Å². The number of ether oxygens (including phenoxy) is 1. The SMILES string of the molecule is CCc1ccc(CNC(=O)C2CCc3nc(N4CCOCC4)ncc3C2)cc1. The van der Waals surface area contributed by atoms with Crippen LogP contribution in [-0.2, 0) is 35.3 Å². The Kier molecular flexibility index (Phi) is 5.86. The second-order valence-corrected chi connectivity index (χ2v) is 7.57. The van der Waals surface area contributed by atoms with Gasteiger partial charge in [-0.25, -0.2) is 9.97 Å². The molecule has 4 rings (SSSR count). The highest BCUT2D eigenvalue weighted by Gasteiger charge is 2.26. The van der Waals surface area contributed by atoms with Crippen LogP contribution in [0, 0.1) is 5.92 Å². The number of hydrogen-bond donors (Lipinski definition) is 1. The molecular formula is C22H28N4O2. The Balaban J connectivity index is 1.34. The molecule has 6 nitrogen and oxygen atoms in total. The summed E-state index contributed by atoms with van der Waals surface area (Å²) in [6.45, 7) is 5.85. The monoisotopic (exact) mass is 380 g/mol. The molecule has 1 aromatic heterocycles. The zero-order chi connectivity index (χ0) is 19.3. The molecule has 1 aromatic carbocycles. The van der Waals surface area contributed by atoms with E-state index in [0.29, 0.717) is 6.54 Å². The first-order valence-corrected chi connectivity index (χ1v) is 10.3. The van der Waals surface area contributed by atoms with Crippen molar-refractivity contribution in [2.75, 3.05) is 31.2 Å². The highest BCUT2D eigenvalue weighted by atomic mass is 16.5. The van der Waals surface area contributed by atoms with Crippen molar-refractivity contribution < 1.29 is 9.53 Å². The molecule has 0 bridgehead atoms. The van der Waals surface area contributed by atoms with E-state index in [1.165, 1.54) is 5.56 Å². The molecule has 1 N–H and O–H groups in total. The molecule has 2 aromatic rings. The van der Waals surface area contributed by atoms with E-state index < -0.39 is 0 Å². The molecule has 1 atom stereocenters. The van der Waals surface area contributed by atoms with E-state index in [1.807, 2.05) is 6.20 Å². The number of rotatable bonds is 5. The van der Waals surface area contributed by atoms with E-state index in [1.54, 1.807) is 0 Å². The number of nitrogens with one attached hydrogen (secondary N) is 1. The van der Waals surface area contributed by atoms with Crippen molar-refractivity contribution in [3.05, 3.63) is 52.8 Å². The quantitative estimate of drug-likeness (QED) is 0.862. The van der Waals surface area contributed by atoms with Crippen molar-refractivity contribution in [2.24, 2.45) is 5.92 Å². The summed E-state index contributed by atoms with van der Waals surface area (Å²) < 4.78 is 5.40. The number of nitrogens with zero attached hydrogens (tertiary/aromatic N) is 3. The van der Waals surface area contributed by atoms with Crippen molar-refractivity contribution in [2.45, 2.75) is 39.2 Å². The minimum atomic E-state index is 0.000233. The predicted octanol–water partition coefficient (Wildman–Crippen LogP) is 2.30. The van der Waals surface area contributed by atoms with Gasteiger partial charge in [0.2, 0.25) is 11.9 Å². The van der Waals surface area contributed by atoms with Gasteiger partial charge in [0, 0.05) is 37.4 Å². The summed E-state index contributed by atoms with van der Waals surface area (Å²) in [5.41, 5.74) is 4.65. The number of aromatic nitrogens is 2. The number of anilines is 1. The Bertz CT molecular complexity index is 816. The Labute approximate surface area is 166 Å². The van der Waals surface area contributed by atoms with Crippen LogP contribution >= 0.6 is 0 Å². The van der Waals surface area contributed by atoms with Gasteiger partial charge in [-0.2, -0.15) is 0 Å². The van der Waals surface area contributed by atoms with Crippen LogP contribution in [0.2, 0.25) is 0 Å². The van der Waals surface area contributed by atoms with Crippen LogP contribution in [0.5, 0.6) is 0 Å². The van der Waals surface area contributed by atoms with E-state index >= 15 is 0 Å². The molecule has 6 heteroatoms. The van der Waals surface area contributed by atoms with E-state index in [-0.39, 0.29) is 11.8 Å². The smallest absolute Gasteiger partial charge is 0.225 e.